The highest BCUT2D eigenvalue weighted by atomic mass is 16.4. The smallest absolute Gasteiger partial charge is 0.305 e. The first kappa shape index (κ1) is 19.2. The van der Waals surface area contributed by atoms with E-state index in [0.29, 0.717) is 6.42 Å². The normalized spacial score (nSPS) is 12.9. The monoisotopic (exact) mass is 284 g/mol. The fraction of sp³-hybridized carbons (Fsp3) is 0.824. The minimum absolute atomic E-state index is 0.137. The lowest BCUT2D eigenvalue weighted by molar-refractivity contribution is -0.139. The predicted octanol–water partition coefficient (Wildman–Crippen LogP) is 4.69. The number of carboxylic acids is 1. The maximum absolute atomic E-state index is 10.4. The number of aliphatic carboxylic acids is 1. The molecule has 0 aliphatic carbocycles. The summed E-state index contributed by atoms with van der Waals surface area (Å²) in [5.74, 6) is -0.924. The third-order valence-electron chi connectivity index (χ3n) is 3.46. The van der Waals surface area contributed by atoms with Crippen LogP contribution in [-0.2, 0) is 4.79 Å². The van der Waals surface area contributed by atoms with Crippen molar-refractivity contribution >= 4 is 5.97 Å². The summed E-state index contributed by atoms with van der Waals surface area (Å²) < 4.78 is 0. The van der Waals surface area contributed by atoms with E-state index in [-0.39, 0.29) is 6.42 Å². The van der Waals surface area contributed by atoms with Gasteiger partial charge in [0.05, 0.1) is 12.5 Å². The largest absolute Gasteiger partial charge is 0.481 e. The molecule has 1 atom stereocenters. The molecule has 3 heteroatoms. The molecule has 0 bridgehead atoms. The second kappa shape index (κ2) is 14.6. The second-order valence-corrected chi connectivity index (χ2v) is 5.56. The predicted molar refractivity (Wildman–Crippen MR) is 83.9 cm³/mol. The SMILES string of the molecule is CCCCCCCCC/C=C\CCCC(O)CC(=O)O. The fourth-order valence-corrected chi connectivity index (χ4v) is 2.23. The third-order valence-corrected chi connectivity index (χ3v) is 3.46. The van der Waals surface area contributed by atoms with Gasteiger partial charge in [0.15, 0.2) is 0 Å². The zero-order valence-corrected chi connectivity index (χ0v) is 13.0. The first-order valence-corrected chi connectivity index (χ1v) is 8.21. The molecule has 0 amide bonds. The highest BCUT2D eigenvalue weighted by molar-refractivity contribution is 5.67. The van der Waals surface area contributed by atoms with Gasteiger partial charge in [-0.1, -0.05) is 57.6 Å². The van der Waals surface area contributed by atoms with E-state index in [1.54, 1.807) is 0 Å². The van der Waals surface area contributed by atoms with Crippen LogP contribution < -0.4 is 0 Å². The van der Waals surface area contributed by atoms with Crippen LogP contribution in [0.3, 0.4) is 0 Å². The Labute approximate surface area is 124 Å². The first-order chi connectivity index (χ1) is 9.66. The van der Waals surface area contributed by atoms with Crippen LogP contribution in [0.1, 0.15) is 84.0 Å². The van der Waals surface area contributed by atoms with E-state index in [9.17, 15) is 9.90 Å². The molecule has 3 nitrogen and oxygen atoms in total. The van der Waals surface area contributed by atoms with Gasteiger partial charge in [-0.2, -0.15) is 0 Å². The average molecular weight is 284 g/mol. The minimum atomic E-state index is -0.924. The number of aliphatic hydroxyl groups is 1. The van der Waals surface area contributed by atoms with Crippen LogP contribution in [0.2, 0.25) is 0 Å². The Morgan fingerprint density at radius 2 is 1.50 bits per heavy atom. The van der Waals surface area contributed by atoms with Crippen molar-refractivity contribution in [3.8, 4) is 0 Å². The topological polar surface area (TPSA) is 57.5 Å². The van der Waals surface area contributed by atoms with Gasteiger partial charge in [0, 0.05) is 0 Å². The van der Waals surface area contributed by atoms with Crippen molar-refractivity contribution in [2.45, 2.75) is 90.1 Å². The summed E-state index contributed by atoms with van der Waals surface area (Å²) in [5, 5.41) is 17.9. The zero-order chi connectivity index (χ0) is 15.1. The minimum Gasteiger partial charge on any atom is -0.481 e. The summed E-state index contributed by atoms with van der Waals surface area (Å²) >= 11 is 0. The molecule has 118 valence electrons. The Bertz CT molecular complexity index is 249. The van der Waals surface area contributed by atoms with Gasteiger partial charge in [0.1, 0.15) is 0 Å². The maximum Gasteiger partial charge on any atom is 0.305 e. The summed E-state index contributed by atoms with van der Waals surface area (Å²) in [6.45, 7) is 2.24. The van der Waals surface area contributed by atoms with E-state index in [2.05, 4.69) is 19.1 Å². The standard InChI is InChI=1S/C17H32O3/c1-2-3-4-5-6-7-8-9-10-11-12-13-14-16(18)15-17(19)20/h10-11,16,18H,2-9,12-15H2,1H3,(H,19,20)/b11-10-. The van der Waals surface area contributed by atoms with Crippen LogP contribution in [0.15, 0.2) is 12.2 Å². The van der Waals surface area contributed by atoms with Crippen molar-refractivity contribution in [3.63, 3.8) is 0 Å². The van der Waals surface area contributed by atoms with Crippen LogP contribution in [-0.4, -0.2) is 22.3 Å². The number of hydrogen-bond donors (Lipinski definition) is 2. The van der Waals surface area contributed by atoms with Crippen molar-refractivity contribution < 1.29 is 15.0 Å². The molecule has 0 aliphatic rings. The molecule has 1 unspecified atom stereocenters. The van der Waals surface area contributed by atoms with E-state index in [4.69, 9.17) is 5.11 Å². The van der Waals surface area contributed by atoms with Gasteiger partial charge >= 0.3 is 5.97 Å². The lowest BCUT2D eigenvalue weighted by Crippen LogP contribution is -2.12. The summed E-state index contributed by atoms with van der Waals surface area (Å²) in [5.41, 5.74) is 0. The van der Waals surface area contributed by atoms with E-state index >= 15 is 0 Å². The van der Waals surface area contributed by atoms with Gasteiger partial charge in [0.2, 0.25) is 0 Å². The van der Waals surface area contributed by atoms with Crippen molar-refractivity contribution in [2.75, 3.05) is 0 Å². The van der Waals surface area contributed by atoms with E-state index in [1.165, 1.54) is 44.9 Å². The quantitative estimate of drug-likeness (QED) is 0.359. The molecule has 0 heterocycles. The van der Waals surface area contributed by atoms with Gasteiger partial charge in [0.25, 0.3) is 0 Å². The third kappa shape index (κ3) is 15.2. The molecule has 0 saturated carbocycles. The molecular weight excluding hydrogens is 252 g/mol. The Morgan fingerprint density at radius 3 is 2.10 bits per heavy atom. The van der Waals surface area contributed by atoms with Gasteiger partial charge in [-0.3, -0.25) is 4.79 Å². The Morgan fingerprint density at radius 1 is 0.950 bits per heavy atom. The highest BCUT2D eigenvalue weighted by Gasteiger charge is 2.07. The second-order valence-electron chi connectivity index (χ2n) is 5.56. The molecular formula is C17H32O3. The Kier molecular flexibility index (Phi) is 14.0. The summed E-state index contributed by atoms with van der Waals surface area (Å²) in [7, 11) is 0. The van der Waals surface area contributed by atoms with E-state index in [0.717, 1.165) is 19.3 Å². The average Bonchev–Trinajstić information content (AvgIpc) is 2.39. The summed E-state index contributed by atoms with van der Waals surface area (Å²) in [6.07, 6.45) is 16.5. The van der Waals surface area contributed by atoms with Crippen molar-refractivity contribution in [3.05, 3.63) is 12.2 Å². The molecule has 0 aromatic rings. The molecule has 0 saturated heterocycles. The molecule has 0 aromatic heterocycles. The summed E-state index contributed by atoms with van der Waals surface area (Å²) in [4.78, 5) is 10.4. The van der Waals surface area contributed by atoms with E-state index < -0.39 is 12.1 Å². The van der Waals surface area contributed by atoms with Crippen LogP contribution in [0.4, 0.5) is 0 Å². The maximum atomic E-state index is 10.4. The van der Waals surface area contributed by atoms with Crippen molar-refractivity contribution in [2.24, 2.45) is 0 Å². The van der Waals surface area contributed by atoms with Gasteiger partial charge < -0.3 is 10.2 Å². The molecule has 0 aliphatic heterocycles. The molecule has 0 rings (SSSR count). The van der Waals surface area contributed by atoms with Crippen molar-refractivity contribution in [1.82, 2.24) is 0 Å². The van der Waals surface area contributed by atoms with Crippen molar-refractivity contribution in [1.29, 1.82) is 0 Å². The first-order valence-electron chi connectivity index (χ1n) is 8.21. The number of carbonyl (C=O) groups is 1. The number of hydrogen-bond acceptors (Lipinski definition) is 2. The molecule has 20 heavy (non-hydrogen) atoms. The Balaban J connectivity index is 3.22. The number of carboxylic acid groups (broad SMARTS) is 1. The van der Waals surface area contributed by atoms with Gasteiger partial charge in [-0.15, -0.1) is 0 Å². The lowest BCUT2D eigenvalue weighted by Gasteiger charge is -2.05. The van der Waals surface area contributed by atoms with Crippen LogP contribution in [0.25, 0.3) is 0 Å². The zero-order valence-electron chi connectivity index (χ0n) is 13.0. The number of unbranched alkanes of at least 4 members (excludes halogenated alkanes) is 8. The summed E-state index contributed by atoms with van der Waals surface area (Å²) in [6, 6.07) is 0. The molecule has 0 fully saturated rings. The van der Waals surface area contributed by atoms with Gasteiger partial charge in [-0.05, 0) is 32.1 Å². The van der Waals surface area contributed by atoms with Crippen LogP contribution in [0, 0.1) is 0 Å². The lowest BCUT2D eigenvalue weighted by atomic mass is 10.1. The molecule has 0 aromatic carbocycles. The molecule has 0 spiro atoms. The number of allylic oxidation sites excluding steroid dienone is 2. The number of aliphatic hydroxyl groups excluding tert-OH is 1. The van der Waals surface area contributed by atoms with Crippen LogP contribution >= 0.6 is 0 Å². The molecule has 0 radical (unpaired) electrons. The molecule has 2 N–H and O–H groups in total. The van der Waals surface area contributed by atoms with Gasteiger partial charge in [-0.25, -0.2) is 0 Å². The Hall–Kier alpha value is -0.830. The fourth-order valence-electron chi connectivity index (χ4n) is 2.23. The number of rotatable bonds is 14. The van der Waals surface area contributed by atoms with Crippen LogP contribution in [0.5, 0.6) is 0 Å². The van der Waals surface area contributed by atoms with E-state index in [1.807, 2.05) is 0 Å². The highest BCUT2D eigenvalue weighted by Crippen LogP contribution is 2.09.